The molecule has 5 nitrogen and oxygen atoms in total. The summed E-state index contributed by atoms with van der Waals surface area (Å²) in [5, 5.41) is 19.1. The molecular formula is C19H12N4O. The molecule has 0 atom stereocenters. The number of nitrogen functional groups attached to an aromatic ring is 1. The van der Waals surface area contributed by atoms with Crippen LogP contribution >= 0.6 is 0 Å². The SMILES string of the molecule is N#Cc1c(-c2ccccc2)c(C#N)c(=O)n(-c2ccccc2)c1N. The largest absolute Gasteiger partial charge is 0.384 e. The Hall–Kier alpha value is -3.83. The van der Waals surface area contributed by atoms with E-state index in [0.717, 1.165) is 0 Å². The maximum absolute atomic E-state index is 12.8. The number of pyridine rings is 1. The molecule has 3 aromatic rings. The van der Waals surface area contributed by atoms with E-state index in [1.807, 2.05) is 18.2 Å². The molecule has 0 spiro atoms. The highest BCUT2D eigenvalue weighted by Gasteiger charge is 2.22. The van der Waals surface area contributed by atoms with E-state index in [2.05, 4.69) is 0 Å². The maximum Gasteiger partial charge on any atom is 0.275 e. The first-order valence-corrected chi connectivity index (χ1v) is 7.18. The average Bonchev–Trinajstić information content (AvgIpc) is 2.63. The Labute approximate surface area is 138 Å². The zero-order valence-electron chi connectivity index (χ0n) is 12.6. The fourth-order valence-corrected chi connectivity index (χ4v) is 2.64. The summed E-state index contributed by atoms with van der Waals surface area (Å²) in [7, 11) is 0. The van der Waals surface area contributed by atoms with E-state index in [1.54, 1.807) is 54.6 Å². The summed E-state index contributed by atoms with van der Waals surface area (Å²) in [6, 6.07) is 21.5. The molecule has 114 valence electrons. The molecule has 0 aliphatic rings. The van der Waals surface area contributed by atoms with Gasteiger partial charge in [0, 0.05) is 5.56 Å². The number of hydrogen-bond acceptors (Lipinski definition) is 4. The predicted molar refractivity (Wildman–Crippen MR) is 91.3 cm³/mol. The van der Waals surface area contributed by atoms with E-state index in [-0.39, 0.29) is 22.5 Å². The molecule has 5 heteroatoms. The van der Waals surface area contributed by atoms with Crippen LogP contribution < -0.4 is 11.3 Å². The lowest BCUT2D eigenvalue weighted by Crippen LogP contribution is -2.26. The van der Waals surface area contributed by atoms with Crippen LogP contribution in [-0.2, 0) is 0 Å². The summed E-state index contributed by atoms with van der Waals surface area (Å²) < 4.78 is 1.20. The second kappa shape index (κ2) is 6.12. The normalized spacial score (nSPS) is 9.92. The topological polar surface area (TPSA) is 95.6 Å². The van der Waals surface area contributed by atoms with Gasteiger partial charge in [-0.3, -0.25) is 9.36 Å². The molecule has 1 heterocycles. The van der Waals surface area contributed by atoms with Crippen LogP contribution in [0.3, 0.4) is 0 Å². The standard InChI is InChI=1S/C19H12N4O/c20-11-15-17(13-7-3-1-4-8-13)16(12-21)19(24)23(18(15)22)14-9-5-2-6-10-14/h1-10H,22H2. The highest BCUT2D eigenvalue weighted by atomic mass is 16.1. The van der Waals surface area contributed by atoms with Gasteiger partial charge in [-0.15, -0.1) is 0 Å². The molecule has 0 radical (unpaired) electrons. The minimum absolute atomic E-state index is 0.0200. The molecule has 2 N–H and O–H groups in total. The van der Waals surface area contributed by atoms with Gasteiger partial charge in [0.05, 0.1) is 5.69 Å². The number of para-hydroxylation sites is 1. The highest BCUT2D eigenvalue weighted by molar-refractivity contribution is 5.81. The van der Waals surface area contributed by atoms with Gasteiger partial charge >= 0.3 is 0 Å². The van der Waals surface area contributed by atoms with Crippen LogP contribution in [0.5, 0.6) is 0 Å². The van der Waals surface area contributed by atoms with Gasteiger partial charge in [0.25, 0.3) is 5.56 Å². The summed E-state index contributed by atoms with van der Waals surface area (Å²) in [4.78, 5) is 12.8. The van der Waals surface area contributed by atoms with Crippen LogP contribution in [0, 0.1) is 22.7 Å². The molecular weight excluding hydrogens is 300 g/mol. The van der Waals surface area contributed by atoms with Crippen LogP contribution in [0.2, 0.25) is 0 Å². The fourth-order valence-electron chi connectivity index (χ4n) is 2.64. The third kappa shape index (κ3) is 2.31. The van der Waals surface area contributed by atoms with Gasteiger partial charge in [0.15, 0.2) is 0 Å². The summed E-state index contributed by atoms with van der Waals surface area (Å²) in [6.45, 7) is 0. The van der Waals surface area contributed by atoms with Crippen molar-refractivity contribution in [2.24, 2.45) is 0 Å². The van der Waals surface area contributed by atoms with Crippen LogP contribution in [0.25, 0.3) is 16.8 Å². The molecule has 24 heavy (non-hydrogen) atoms. The van der Waals surface area contributed by atoms with Crippen LogP contribution in [0.4, 0.5) is 5.82 Å². The van der Waals surface area contributed by atoms with Crippen LogP contribution in [0.1, 0.15) is 11.1 Å². The Bertz CT molecular complexity index is 1040. The Morgan fingerprint density at radius 1 is 0.833 bits per heavy atom. The number of nitrogens with zero attached hydrogens (tertiary/aromatic N) is 3. The van der Waals surface area contributed by atoms with E-state index in [9.17, 15) is 15.3 Å². The molecule has 0 aliphatic heterocycles. The first kappa shape index (κ1) is 15.1. The number of benzene rings is 2. The van der Waals surface area contributed by atoms with Crippen molar-refractivity contribution in [3.63, 3.8) is 0 Å². The van der Waals surface area contributed by atoms with Crippen molar-refractivity contribution in [1.82, 2.24) is 4.57 Å². The van der Waals surface area contributed by atoms with E-state index < -0.39 is 5.56 Å². The Morgan fingerprint density at radius 3 is 1.92 bits per heavy atom. The number of anilines is 1. The van der Waals surface area contributed by atoms with Gasteiger partial charge in [0.1, 0.15) is 29.1 Å². The van der Waals surface area contributed by atoms with Gasteiger partial charge in [-0.1, -0.05) is 48.5 Å². The Morgan fingerprint density at radius 2 is 1.38 bits per heavy atom. The van der Waals surface area contributed by atoms with Gasteiger partial charge in [-0.2, -0.15) is 10.5 Å². The Kier molecular flexibility index (Phi) is 3.84. The molecule has 2 aromatic carbocycles. The molecule has 0 unspecified atom stereocenters. The molecule has 0 amide bonds. The number of nitriles is 2. The van der Waals surface area contributed by atoms with Crippen molar-refractivity contribution >= 4 is 5.82 Å². The van der Waals surface area contributed by atoms with Crippen molar-refractivity contribution in [3.05, 3.63) is 82.1 Å². The summed E-state index contributed by atoms with van der Waals surface area (Å²) in [5.41, 5.74) is 6.97. The van der Waals surface area contributed by atoms with Crippen molar-refractivity contribution in [1.29, 1.82) is 10.5 Å². The zero-order valence-corrected chi connectivity index (χ0v) is 12.6. The van der Waals surface area contributed by atoms with Crippen LogP contribution in [-0.4, -0.2) is 4.57 Å². The van der Waals surface area contributed by atoms with Crippen molar-refractivity contribution in [3.8, 4) is 29.0 Å². The van der Waals surface area contributed by atoms with Gasteiger partial charge < -0.3 is 5.73 Å². The van der Waals surface area contributed by atoms with E-state index in [4.69, 9.17) is 5.73 Å². The zero-order chi connectivity index (χ0) is 17.1. The number of rotatable bonds is 2. The first-order valence-electron chi connectivity index (χ1n) is 7.18. The molecule has 0 aliphatic carbocycles. The average molecular weight is 312 g/mol. The van der Waals surface area contributed by atoms with Crippen LogP contribution in [0.15, 0.2) is 65.5 Å². The minimum atomic E-state index is -0.543. The van der Waals surface area contributed by atoms with Crippen molar-refractivity contribution in [2.75, 3.05) is 5.73 Å². The smallest absolute Gasteiger partial charge is 0.275 e. The lowest BCUT2D eigenvalue weighted by molar-refractivity contribution is 0.993. The number of hydrogen-bond donors (Lipinski definition) is 1. The molecule has 0 bridgehead atoms. The molecule has 0 saturated heterocycles. The molecule has 3 rings (SSSR count). The second-order valence-electron chi connectivity index (χ2n) is 5.08. The Balaban J connectivity index is 2.46. The predicted octanol–water partition coefficient (Wildman–Crippen LogP) is 2.83. The minimum Gasteiger partial charge on any atom is -0.384 e. The first-order chi connectivity index (χ1) is 11.7. The molecule has 0 saturated carbocycles. The number of nitrogens with two attached hydrogens (primary N) is 1. The lowest BCUT2D eigenvalue weighted by atomic mass is 9.96. The summed E-state index contributed by atoms with van der Waals surface area (Å²) in [5.74, 6) is 0.0200. The summed E-state index contributed by atoms with van der Waals surface area (Å²) >= 11 is 0. The van der Waals surface area contributed by atoms with E-state index >= 15 is 0 Å². The number of aromatic nitrogens is 1. The van der Waals surface area contributed by atoms with Gasteiger partial charge in [0.2, 0.25) is 0 Å². The summed E-state index contributed by atoms with van der Waals surface area (Å²) in [6.07, 6.45) is 0. The third-order valence-electron chi connectivity index (χ3n) is 3.71. The van der Waals surface area contributed by atoms with Crippen molar-refractivity contribution in [2.45, 2.75) is 0 Å². The fraction of sp³-hybridized carbons (Fsp3) is 0. The van der Waals surface area contributed by atoms with E-state index in [0.29, 0.717) is 11.3 Å². The van der Waals surface area contributed by atoms with Gasteiger partial charge in [-0.05, 0) is 17.7 Å². The lowest BCUT2D eigenvalue weighted by Gasteiger charge is -2.15. The molecule has 1 aromatic heterocycles. The third-order valence-corrected chi connectivity index (χ3v) is 3.71. The molecule has 0 fully saturated rings. The van der Waals surface area contributed by atoms with Gasteiger partial charge in [-0.25, -0.2) is 0 Å². The maximum atomic E-state index is 12.8. The monoisotopic (exact) mass is 312 g/mol. The quantitative estimate of drug-likeness (QED) is 0.787. The highest BCUT2D eigenvalue weighted by Crippen LogP contribution is 2.30. The van der Waals surface area contributed by atoms with E-state index in [1.165, 1.54) is 4.57 Å². The second-order valence-corrected chi connectivity index (χ2v) is 5.08. The van der Waals surface area contributed by atoms with Crippen molar-refractivity contribution < 1.29 is 0 Å².